The van der Waals surface area contributed by atoms with Gasteiger partial charge in [-0.1, -0.05) is 0 Å². The first-order chi connectivity index (χ1) is 5.68. The second kappa shape index (κ2) is 3.13. The Morgan fingerprint density at radius 3 is 1.92 bits per heavy atom. The normalized spacial score (nSPS) is 21.7. The van der Waals surface area contributed by atoms with E-state index in [1.165, 1.54) is 0 Å². The van der Waals surface area contributed by atoms with Gasteiger partial charge in [0.1, 0.15) is 0 Å². The van der Waals surface area contributed by atoms with Crippen molar-refractivity contribution in [2.24, 2.45) is 0 Å². The molecule has 1 saturated heterocycles. The standard InChI is InChI=1S/C8H14F3NO/c1-7(2,3)12-4-6(5-12)13-8(9,10)11/h6H,4-5H2,1-3H3. The average molecular weight is 197 g/mol. The maximum atomic E-state index is 11.7. The van der Waals surface area contributed by atoms with Gasteiger partial charge in [-0.2, -0.15) is 0 Å². The maximum absolute atomic E-state index is 11.7. The molecular weight excluding hydrogens is 183 g/mol. The Morgan fingerprint density at radius 1 is 1.15 bits per heavy atom. The summed E-state index contributed by atoms with van der Waals surface area (Å²) in [7, 11) is 0. The van der Waals surface area contributed by atoms with Crippen LogP contribution in [0.1, 0.15) is 20.8 Å². The molecule has 0 aromatic rings. The zero-order valence-corrected chi connectivity index (χ0v) is 7.98. The van der Waals surface area contributed by atoms with E-state index in [2.05, 4.69) is 4.74 Å². The van der Waals surface area contributed by atoms with Gasteiger partial charge in [0.2, 0.25) is 0 Å². The number of ether oxygens (including phenoxy) is 1. The van der Waals surface area contributed by atoms with Crippen molar-refractivity contribution in [2.45, 2.75) is 38.8 Å². The van der Waals surface area contributed by atoms with Gasteiger partial charge in [-0.3, -0.25) is 9.64 Å². The predicted molar refractivity (Wildman–Crippen MR) is 42.3 cm³/mol. The highest BCUT2D eigenvalue weighted by Crippen LogP contribution is 2.27. The first-order valence-electron chi connectivity index (χ1n) is 4.18. The van der Waals surface area contributed by atoms with Crippen molar-refractivity contribution in [3.8, 4) is 0 Å². The van der Waals surface area contributed by atoms with Crippen LogP contribution in [0.4, 0.5) is 13.2 Å². The topological polar surface area (TPSA) is 12.5 Å². The van der Waals surface area contributed by atoms with Crippen LogP contribution < -0.4 is 0 Å². The maximum Gasteiger partial charge on any atom is 0.522 e. The summed E-state index contributed by atoms with van der Waals surface area (Å²) in [6.45, 7) is 6.64. The lowest BCUT2D eigenvalue weighted by atomic mass is 9.99. The minimum Gasteiger partial charge on any atom is -0.293 e. The molecule has 1 fully saturated rings. The van der Waals surface area contributed by atoms with Gasteiger partial charge in [-0.05, 0) is 20.8 Å². The van der Waals surface area contributed by atoms with Gasteiger partial charge in [-0.25, -0.2) is 0 Å². The Bertz CT molecular complexity index is 179. The lowest BCUT2D eigenvalue weighted by molar-refractivity contribution is -0.357. The molecule has 0 unspecified atom stereocenters. The quantitative estimate of drug-likeness (QED) is 0.637. The predicted octanol–water partition coefficient (Wildman–Crippen LogP) is 2.01. The van der Waals surface area contributed by atoms with Gasteiger partial charge in [0.05, 0.1) is 6.10 Å². The summed E-state index contributed by atoms with van der Waals surface area (Å²) in [5.41, 5.74) is -0.0640. The SMILES string of the molecule is CC(C)(C)N1CC(OC(F)(F)F)C1. The Morgan fingerprint density at radius 2 is 1.62 bits per heavy atom. The van der Waals surface area contributed by atoms with E-state index in [-0.39, 0.29) is 5.54 Å². The lowest BCUT2D eigenvalue weighted by Crippen LogP contribution is -2.60. The van der Waals surface area contributed by atoms with Gasteiger partial charge in [-0.15, -0.1) is 13.2 Å². The largest absolute Gasteiger partial charge is 0.522 e. The molecule has 13 heavy (non-hydrogen) atoms. The summed E-state index contributed by atoms with van der Waals surface area (Å²) in [4.78, 5) is 1.95. The summed E-state index contributed by atoms with van der Waals surface area (Å²) in [6.07, 6.45) is -5.17. The molecule has 1 aliphatic rings. The molecule has 78 valence electrons. The zero-order chi connectivity index (χ0) is 10.3. The van der Waals surface area contributed by atoms with E-state index in [1.54, 1.807) is 0 Å². The minimum atomic E-state index is -4.49. The smallest absolute Gasteiger partial charge is 0.293 e. The number of likely N-dealkylation sites (tertiary alicyclic amines) is 1. The molecule has 1 heterocycles. The van der Waals surface area contributed by atoms with Crippen molar-refractivity contribution in [2.75, 3.05) is 13.1 Å². The Hall–Kier alpha value is -0.290. The van der Waals surface area contributed by atoms with Crippen LogP contribution in [0.3, 0.4) is 0 Å². The summed E-state index contributed by atoms with van der Waals surface area (Å²) >= 11 is 0. The van der Waals surface area contributed by atoms with E-state index in [9.17, 15) is 13.2 Å². The molecule has 5 heteroatoms. The summed E-state index contributed by atoms with van der Waals surface area (Å²) in [6, 6.07) is 0. The molecule has 0 amide bonds. The van der Waals surface area contributed by atoms with Gasteiger partial charge in [0, 0.05) is 18.6 Å². The molecule has 0 bridgehead atoms. The fourth-order valence-corrected chi connectivity index (χ4v) is 1.25. The van der Waals surface area contributed by atoms with Gasteiger partial charge >= 0.3 is 6.36 Å². The van der Waals surface area contributed by atoms with Gasteiger partial charge in [0.25, 0.3) is 0 Å². The van der Waals surface area contributed by atoms with Crippen molar-refractivity contribution in [3.63, 3.8) is 0 Å². The summed E-state index contributed by atoms with van der Waals surface area (Å²) < 4.78 is 39.0. The molecule has 0 saturated carbocycles. The van der Waals surface area contributed by atoms with E-state index < -0.39 is 12.5 Å². The van der Waals surface area contributed by atoms with Crippen molar-refractivity contribution >= 4 is 0 Å². The molecule has 0 aromatic carbocycles. The fourth-order valence-electron chi connectivity index (χ4n) is 1.25. The van der Waals surface area contributed by atoms with Crippen LogP contribution in [-0.2, 0) is 4.74 Å². The fraction of sp³-hybridized carbons (Fsp3) is 1.00. The molecule has 0 aliphatic carbocycles. The van der Waals surface area contributed by atoms with Gasteiger partial charge in [0.15, 0.2) is 0 Å². The third-order valence-electron chi connectivity index (χ3n) is 2.10. The first-order valence-corrected chi connectivity index (χ1v) is 4.18. The first kappa shape index (κ1) is 10.8. The third kappa shape index (κ3) is 3.15. The number of nitrogens with zero attached hydrogens (tertiary/aromatic N) is 1. The summed E-state index contributed by atoms with van der Waals surface area (Å²) in [5.74, 6) is 0. The van der Waals surface area contributed by atoms with Crippen molar-refractivity contribution in [1.82, 2.24) is 4.90 Å². The lowest BCUT2D eigenvalue weighted by Gasteiger charge is -2.47. The summed E-state index contributed by atoms with van der Waals surface area (Å²) in [5, 5.41) is 0. The Labute approximate surface area is 75.7 Å². The Balaban J connectivity index is 2.27. The van der Waals surface area contributed by atoms with Crippen LogP contribution in [-0.4, -0.2) is 36.0 Å². The van der Waals surface area contributed by atoms with Crippen molar-refractivity contribution < 1.29 is 17.9 Å². The number of hydrogen-bond donors (Lipinski definition) is 0. The monoisotopic (exact) mass is 197 g/mol. The van der Waals surface area contributed by atoms with Crippen LogP contribution >= 0.6 is 0 Å². The molecule has 0 spiro atoms. The zero-order valence-electron chi connectivity index (χ0n) is 7.98. The highest BCUT2D eigenvalue weighted by molar-refractivity contribution is 4.89. The molecule has 0 atom stereocenters. The number of hydrogen-bond acceptors (Lipinski definition) is 2. The van der Waals surface area contributed by atoms with E-state index in [4.69, 9.17) is 0 Å². The molecule has 2 nitrogen and oxygen atoms in total. The average Bonchev–Trinajstić information content (AvgIpc) is 1.71. The van der Waals surface area contributed by atoms with Crippen LogP contribution in [0.5, 0.6) is 0 Å². The van der Waals surface area contributed by atoms with Crippen LogP contribution in [0.2, 0.25) is 0 Å². The molecule has 0 N–H and O–H groups in total. The molecule has 1 aliphatic heterocycles. The van der Waals surface area contributed by atoms with E-state index in [0.29, 0.717) is 13.1 Å². The van der Waals surface area contributed by atoms with Crippen molar-refractivity contribution in [3.05, 3.63) is 0 Å². The van der Waals surface area contributed by atoms with Crippen molar-refractivity contribution in [1.29, 1.82) is 0 Å². The molecule has 0 radical (unpaired) electrons. The molecule has 0 aromatic heterocycles. The van der Waals surface area contributed by atoms with E-state index in [1.807, 2.05) is 25.7 Å². The number of halogens is 3. The Kier molecular flexibility index (Phi) is 2.60. The van der Waals surface area contributed by atoms with Crippen LogP contribution in [0.25, 0.3) is 0 Å². The second-order valence-electron chi connectivity index (χ2n) is 4.26. The highest BCUT2D eigenvalue weighted by Gasteiger charge is 2.42. The molecule has 1 rings (SSSR count). The van der Waals surface area contributed by atoms with Crippen LogP contribution in [0, 0.1) is 0 Å². The van der Waals surface area contributed by atoms with E-state index >= 15 is 0 Å². The highest BCUT2D eigenvalue weighted by atomic mass is 19.4. The number of alkyl halides is 3. The molecular formula is C8H14F3NO. The third-order valence-corrected chi connectivity index (χ3v) is 2.10. The van der Waals surface area contributed by atoms with Gasteiger partial charge < -0.3 is 0 Å². The second-order valence-corrected chi connectivity index (χ2v) is 4.26. The van der Waals surface area contributed by atoms with Crippen LogP contribution in [0.15, 0.2) is 0 Å². The van der Waals surface area contributed by atoms with E-state index in [0.717, 1.165) is 0 Å². The minimum absolute atomic E-state index is 0.0640. The number of rotatable bonds is 1.